The zero-order chi connectivity index (χ0) is 8.91. The van der Waals surface area contributed by atoms with Gasteiger partial charge in [-0.2, -0.15) is 0 Å². The molecule has 0 spiro atoms. The highest BCUT2D eigenvalue weighted by atomic mass is 35.5. The fourth-order valence-corrected chi connectivity index (χ4v) is 2.24. The monoisotopic (exact) mass is 218 g/mol. The Kier molecular flexibility index (Phi) is 5.48. The van der Waals surface area contributed by atoms with Gasteiger partial charge in [0.05, 0.1) is 11.5 Å². The number of sulfone groups is 1. The van der Waals surface area contributed by atoms with Gasteiger partial charge < -0.3 is 0 Å². The molecule has 0 unspecified atom stereocenters. The molecule has 0 aromatic heterocycles. The van der Waals surface area contributed by atoms with Gasteiger partial charge in [0.2, 0.25) is 0 Å². The van der Waals surface area contributed by atoms with Crippen LogP contribution in [0.1, 0.15) is 19.8 Å². The molecule has 2 nitrogen and oxygen atoms in total. The molecule has 0 aromatic rings. The number of alkyl halides is 2. The van der Waals surface area contributed by atoms with Gasteiger partial charge in [0.1, 0.15) is 14.7 Å². The van der Waals surface area contributed by atoms with E-state index in [2.05, 4.69) is 0 Å². The molecule has 0 N–H and O–H groups in total. The predicted molar refractivity (Wildman–Crippen MR) is 49.1 cm³/mol. The third-order valence-corrected chi connectivity index (χ3v) is 2.98. The van der Waals surface area contributed by atoms with Crippen LogP contribution in [0.3, 0.4) is 0 Å². The minimum Gasteiger partial charge on any atom is -0.229 e. The molecule has 1 fully saturated rings. The Labute approximate surface area is 77.8 Å². The highest BCUT2D eigenvalue weighted by Gasteiger charge is 2.16. The van der Waals surface area contributed by atoms with Gasteiger partial charge >= 0.3 is 0 Å². The lowest BCUT2D eigenvalue weighted by atomic mass is 10.4. The molecule has 1 aliphatic rings. The van der Waals surface area contributed by atoms with Crippen LogP contribution in [0.15, 0.2) is 0 Å². The topological polar surface area (TPSA) is 34.1 Å². The minimum atomic E-state index is -2.55. The Balaban J connectivity index is 0.000000218. The average Bonchev–Trinajstić information content (AvgIpc) is 2.11. The van der Waals surface area contributed by atoms with Crippen molar-refractivity contribution in [1.82, 2.24) is 0 Å². The lowest BCUT2D eigenvalue weighted by molar-refractivity contribution is 0.602. The van der Waals surface area contributed by atoms with Gasteiger partial charge in [0.15, 0.2) is 0 Å². The molecule has 1 heterocycles. The Hall–Kier alpha value is 0.530. The molecule has 5 heteroatoms. The Morgan fingerprint density at radius 3 is 1.55 bits per heavy atom. The van der Waals surface area contributed by atoms with E-state index in [1.807, 2.05) is 0 Å². The van der Waals surface area contributed by atoms with Crippen molar-refractivity contribution in [3.05, 3.63) is 0 Å². The molecule has 0 aliphatic carbocycles. The maximum Gasteiger partial charge on any atom is 0.150 e. The molecule has 0 radical (unpaired) electrons. The molecule has 0 amide bonds. The maximum absolute atomic E-state index is 10.4. The summed E-state index contributed by atoms with van der Waals surface area (Å²) >= 11 is 10.1. The normalized spacial score (nSPS) is 21.1. The summed E-state index contributed by atoms with van der Waals surface area (Å²) in [6.07, 6.45) is 1.75. The van der Waals surface area contributed by atoms with Crippen LogP contribution in [0.5, 0.6) is 0 Å². The second-order valence-corrected chi connectivity index (χ2v) is 6.21. The van der Waals surface area contributed by atoms with Gasteiger partial charge in [-0.25, -0.2) is 8.42 Å². The van der Waals surface area contributed by atoms with E-state index in [0.717, 1.165) is 12.8 Å². The SMILES string of the molecule is CC(Cl)Cl.O=S1(=O)CCCC1. The summed E-state index contributed by atoms with van der Waals surface area (Å²) in [5.74, 6) is 0.847. The van der Waals surface area contributed by atoms with Crippen LogP contribution < -0.4 is 0 Å². The minimum absolute atomic E-state index is 0.222. The highest BCUT2D eigenvalue weighted by Crippen LogP contribution is 2.08. The third kappa shape index (κ3) is 8.44. The first kappa shape index (κ1) is 11.5. The first-order valence-corrected chi connectivity index (χ1v) is 6.12. The second-order valence-electron chi connectivity index (χ2n) is 2.38. The van der Waals surface area contributed by atoms with E-state index in [9.17, 15) is 8.42 Å². The lowest BCUT2D eigenvalue weighted by Gasteiger charge is -1.81. The molecule has 68 valence electrons. The van der Waals surface area contributed by atoms with E-state index in [0.29, 0.717) is 11.5 Å². The summed E-state index contributed by atoms with van der Waals surface area (Å²) in [5.41, 5.74) is 0. The molecule has 1 aliphatic heterocycles. The number of rotatable bonds is 0. The lowest BCUT2D eigenvalue weighted by Crippen LogP contribution is -1.98. The Bertz CT molecular complexity index is 172. The zero-order valence-electron chi connectivity index (χ0n) is 6.39. The molecule has 0 atom stereocenters. The van der Waals surface area contributed by atoms with E-state index < -0.39 is 9.84 Å². The van der Waals surface area contributed by atoms with Gasteiger partial charge in [-0.15, -0.1) is 23.2 Å². The predicted octanol–water partition coefficient (Wildman–Crippen LogP) is 2.00. The van der Waals surface area contributed by atoms with E-state index in [-0.39, 0.29) is 4.84 Å². The average molecular weight is 219 g/mol. The van der Waals surface area contributed by atoms with Crippen molar-refractivity contribution in [1.29, 1.82) is 0 Å². The molecule has 0 bridgehead atoms. The van der Waals surface area contributed by atoms with Crippen molar-refractivity contribution >= 4 is 33.0 Å². The zero-order valence-corrected chi connectivity index (χ0v) is 8.71. The van der Waals surface area contributed by atoms with Crippen LogP contribution in [0.2, 0.25) is 0 Å². The van der Waals surface area contributed by atoms with Crippen molar-refractivity contribution in [2.24, 2.45) is 0 Å². The second kappa shape index (κ2) is 5.22. The van der Waals surface area contributed by atoms with Crippen molar-refractivity contribution in [2.45, 2.75) is 24.6 Å². The fraction of sp³-hybridized carbons (Fsp3) is 1.00. The molecule has 11 heavy (non-hydrogen) atoms. The number of halogens is 2. The van der Waals surface area contributed by atoms with E-state index >= 15 is 0 Å². The van der Waals surface area contributed by atoms with Crippen molar-refractivity contribution in [2.75, 3.05) is 11.5 Å². The smallest absolute Gasteiger partial charge is 0.150 e. The largest absolute Gasteiger partial charge is 0.229 e. The molecular formula is C6H12Cl2O2S. The molecule has 0 saturated carbocycles. The van der Waals surface area contributed by atoms with E-state index in [1.165, 1.54) is 0 Å². The van der Waals surface area contributed by atoms with Gasteiger partial charge in [-0.1, -0.05) is 0 Å². The standard InChI is InChI=1S/C4H8O2S.C2H4Cl2/c5-7(6)3-1-2-4-7;1-2(3)4/h1-4H2;2H,1H3. The van der Waals surface area contributed by atoms with Crippen LogP contribution in [-0.4, -0.2) is 24.8 Å². The Morgan fingerprint density at radius 2 is 1.45 bits per heavy atom. The first-order chi connectivity index (χ1) is 4.94. The summed E-state index contributed by atoms with van der Waals surface area (Å²) in [6, 6.07) is 0. The Morgan fingerprint density at radius 1 is 1.18 bits per heavy atom. The fourth-order valence-electron chi connectivity index (χ4n) is 0.746. The highest BCUT2D eigenvalue weighted by molar-refractivity contribution is 7.91. The van der Waals surface area contributed by atoms with Gasteiger partial charge in [0, 0.05) is 0 Å². The molecular weight excluding hydrogens is 207 g/mol. The quantitative estimate of drug-likeness (QED) is 0.584. The van der Waals surface area contributed by atoms with Crippen molar-refractivity contribution in [3.63, 3.8) is 0 Å². The number of hydrogen-bond acceptors (Lipinski definition) is 2. The molecule has 1 rings (SSSR count). The summed E-state index contributed by atoms with van der Waals surface area (Å²) in [7, 11) is -2.55. The van der Waals surface area contributed by atoms with Crippen LogP contribution in [0.4, 0.5) is 0 Å². The summed E-state index contributed by atoms with van der Waals surface area (Å²) < 4.78 is 20.9. The maximum atomic E-state index is 10.4. The third-order valence-electron chi connectivity index (χ3n) is 1.16. The van der Waals surface area contributed by atoms with Gasteiger partial charge in [0.25, 0.3) is 0 Å². The summed E-state index contributed by atoms with van der Waals surface area (Å²) in [5, 5.41) is 0. The molecule has 0 aromatic carbocycles. The first-order valence-electron chi connectivity index (χ1n) is 3.42. The van der Waals surface area contributed by atoms with Crippen molar-refractivity contribution < 1.29 is 8.42 Å². The van der Waals surface area contributed by atoms with Crippen LogP contribution in [0, 0.1) is 0 Å². The summed E-state index contributed by atoms with van der Waals surface area (Å²) in [6.45, 7) is 1.70. The van der Waals surface area contributed by atoms with Crippen LogP contribution >= 0.6 is 23.2 Å². The van der Waals surface area contributed by atoms with Gasteiger partial charge in [-0.05, 0) is 19.8 Å². The summed E-state index contributed by atoms with van der Waals surface area (Å²) in [4.78, 5) is -0.222. The van der Waals surface area contributed by atoms with Crippen LogP contribution in [0.25, 0.3) is 0 Å². The van der Waals surface area contributed by atoms with Crippen LogP contribution in [-0.2, 0) is 9.84 Å². The van der Waals surface area contributed by atoms with E-state index in [4.69, 9.17) is 23.2 Å². The van der Waals surface area contributed by atoms with Gasteiger partial charge in [-0.3, -0.25) is 0 Å². The van der Waals surface area contributed by atoms with E-state index in [1.54, 1.807) is 6.92 Å². The number of hydrogen-bond donors (Lipinski definition) is 0. The van der Waals surface area contributed by atoms with Crippen molar-refractivity contribution in [3.8, 4) is 0 Å². The molecule has 1 saturated heterocycles.